The summed E-state index contributed by atoms with van der Waals surface area (Å²) in [6.45, 7) is 2.36. The number of rotatable bonds is 2. The summed E-state index contributed by atoms with van der Waals surface area (Å²) in [6, 6.07) is 2.75. The van der Waals surface area contributed by atoms with E-state index in [9.17, 15) is 9.59 Å². The van der Waals surface area contributed by atoms with Gasteiger partial charge in [-0.1, -0.05) is 0 Å². The van der Waals surface area contributed by atoms with Crippen molar-refractivity contribution in [1.29, 1.82) is 0 Å². The Morgan fingerprint density at radius 3 is 2.75 bits per heavy atom. The first-order chi connectivity index (χ1) is 5.65. The Bertz CT molecular complexity index is 356. The molecule has 3 nitrogen and oxygen atoms in total. The predicted molar refractivity (Wildman–Crippen MR) is 46.6 cm³/mol. The number of pyridine rings is 1. The zero-order valence-electron chi connectivity index (χ0n) is 6.58. The highest BCUT2D eigenvalue weighted by Gasteiger charge is 2.02. The number of hydrogen-bond acceptors (Lipinski definition) is 2. The summed E-state index contributed by atoms with van der Waals surface area (Å²) in [5.74, 6) is 0. The number of carbonyl (C=O) groups excluding carboxylic acids is 1. The van der Waals surface area contributed by atoms with Gasteiger partial charge >= 0.3 is 0 Å². The SMILES string of the molecule is CCn1cc(C(=O)Cl)ccc1=O. The summed E-state index contributed by atoms with van der Waals surface area (Å²) in [5, 5.41) is -0.544. The summed E-state index contributed by atoms with van der Waals surface area (Å²) < 4.78 is 1.43. The van der Waals surface area contributed by atoms with Crippen LogP contribution >= 0.6 is 11.6 Å². The van der Waals surface area contributed by atoms with Crippen molar-refractivity contribution >= 4 is 16.8 Å². The minimum atomic E-state index is -0.544. The molecule has 1 rings (SSSR count). The molecule has 0 spiro atoms. The molecule has 64 valence electrons. The minimum Gasteiger partial charge on any atom is -0.315 e. The van der Waals surface area contributed by atoms with Crippen LogP contribution in [0.4, 0.5) is 0 Å². The van der Waals surface area contributed by atoms with Crippen molar-refractivity contribution in [2.75, 3.05) is 0 Å². The summed E-state index contributed by atoms with van der Waals surface area (Å²) in [5.41, 5.74) is 0.220. The van der Waals surface area contributed by atoms with Gasteiger partial charge in [0.1, 0.15) is 0 Å². The molecular weight excluding hydrogens is 178 g/mol. The molecule has 0 saturated heterocycles. The minimum absolute atomic E-state index is 0.126. The average Bonchev–Trinajstić information content (AvgIpc) is 2.05. The molecule has 1 aromatic heterocycles. The van der Waals surface area contributed by atoms with Gasteiger partial charge in [0, 0.05) is 18.8 Å². The second-order valence-electron chi connectivity index (χ2n) is 2.32. The van der Waals surface area contributed by atoms with E-state index < -0.39 is 5.24 Å². The van der Waals surface area contributed by atoms with Crippen LogP contribution in [0.25, 0.3) is 0 Å². The van der Waals surface area contributed by atoms with Crippen LogP contribution in [0, 0.1) is 0 Å². The molecule has 0 aliphatic carbocycles. The van der Waals surface area contributed by atoms with Crippen LogP contribution in [-0.4, -0.2) is 9.81 Å². The summed E-state index contributed by atoms with van der Waals surface area (Å²) in [4.78, 5) is 21.7. The van der Waals surface area contributed by atoms with Crippen molar-refractivity contribution in [1.82, 2.24) is 4.57 Å². The predicted octanol–water partition coefficient (Wildman–Crippen LogP) is 1.25. The molecule has 0 amide bonds. The van der Waals surface area contributed by atoms with Crippen molar-refractivity contribution in [3.63, 3.8) is 0 Å². The van der Waals surface area contributed by atoms with Crippen LogP contribution < -0.4 is 5.56 Å². The molecule has 1 aromatic rings. The van der Waals surface area contributed by atoms with Gasteiger partial charge in [-0.2, -0.15) is 0 Å². The van der Waals surface area contributed by atoms with Crippen molar-refractivity contribution in [2.45, 2.75) is 13.5 Å². The molecule has 0 saturated carbocycles. The third-order valence-electron chi connectivity index (χ3n) is 1.55. The van der Waals surface area contributed by atoms with Crippen LogP contribution in [0.2, 0.25) is 0 Å². The lowest BCUT2D eigenvalue weighted by Gasteiger charge is -2.01. The molecule has 0 N–H and O–H groups in total. The molecule has 0 atom stereocenters. The van der Waals surface area contributed by atoms with Gasteiger partial charge < -0.3 is 4.57 Å². The van der Waals surface area contributed by atoms with E-state index in [4.69, 9.17) is 11.6 Å². The molecule has 0 bridgehead atoms. The van der Waals surface area contributed by atoms with Crippen LogP contribution in [0.15, 0.2) is 23.1 Å². The second-order valence-corrected chi connectivity index (χ2v) is 2.66. The number of carbonyl (C=O) groups is 1. The van der Waals surface area contributed by atoms with Gasteiger partial charge in [0.05, 0.1) is 5.56 Å². The van der Waals surface area contributed by atoms with Gasteiger partial charge in [0.2, 0.25) is 0 Å². The zero-order chi connectivity index (χ0) is 9.14. The molecule has 4 heteroatoms. The molecule has 0 radical (unpaired) electrons. The smallest absolute Gasteiger partial charge is 0.253 e. The van der Waals surface area contributed by atoms with Crippen LogP contribution in [0.1, 0.15) is 17.3 Å². The largest absolute Gasteiger partial charge is 0.315 e. The molecule has 1 heterocycles. The van der Waals surface area contributed by atoms with E-state index >= 15 is 0 Å². The van der Waals surface area contributed by atoms with Gasteiger partial charge in [0.15, 0.2) is 0 Å². The summed E-state index contributed by atoms with van der Waals surface area (Å²) >= 11 is 5.23. The van der Waals surface area contributed by atoms with Gasteiger partial charge in [-0.15, -0.1) is 0 Å². The van der Waals surface area contributed by atoms with Crippen molar-refractivity contribution < 1.29 is 4.79 Å². The highest BCUT2D eigenvalue weighted by atomic mass is 35.5. The first kappa shape index (κ1) is 9.00. The van der Waals surface area contributed by atoms with E-state index in [-0.39, 0.29) is 5.56 Å². The Labute approximate surface area is 74.6 Å². The lowest BCUT2D eigenvalue weighted by molar-refractivity contribution is 0.108. The van der Waals surface area contributed by atoms with E-state index in [1.165, 1.54) is 22.9 Å². The van der Waals surface area contributed by atoms with Crippen molar-refractivity contribution in [3.8, 4) is 0 Å². The molecule has 12 heavy (non-hydrogen) atoms. The number of hydrogen-bond donors (Lipinski definition) is 0. The maximum atomic E-state index is 11.0. The van der Waals surface area contributed by atoms with E-state index in [2.05, 4.69) is 0 Å². The van der Waals surface area contributed by atoms with Crippen LogP contribution in [-0.2, 0) is 6.54 Å². The lowest BCUT2D eigenvalue weighted by atomic mass is 10.3. The maximum absolute atomic E-state index is 11.0. The normalized spacial score (nSPS) is 9.83. The first-order valence-electron chi connectivity index (χ1n) is 3.55. The first-order valence-corrected chi connectivity index (χ1v) is 3.93. The van der Waals surface area contributed by atoms with E-state index in [1.807, 2.05) is 6.92 Å². The quantitative estimate of drug-likeness (QED) is 0.651. The Kier molecular flexibility index (Phi) is 2.65. The number of aromatic nitrogens is 1. The summed E-state index contributed by atoms with van der Waals surface area (Å²) in [6.07, 6.45) is 1.46. The molecule has 0 unspecified atom stereocenters. The highest BCUT2D eigenvalue weighted by molar-refractivity contribution is 6.67. The zero-order valence-corrected chi connectivity index (χ0v) is 7.34. The Balaban J connectivity index is 3.23. The molecule has 0 fully saturated rings. The van der Waals surface area contributed by atoms with E-state index in [0.717, 1.165) is 0 Å². The molecular formula is C8H8ClNO2. The fourth-order valence-corrected chi connectivity index (χ4v) is 1.01. The highest BCUT2D eigenvalue weighted by Crippen LogP contribution is 2.00. The van der Waals surface area contributed by atoms with Crippen molar-refractivity contribution in [2.24, 2.45) is 0 Å². The molecule has 0 aliphatic rings. The van der Waals surface area contributed by atoms with E-state index in [1.54, 1.807) is 0 Å². The monoisotopic (exact) mass is 185 g/mol. The average molecular weight is 186 g/mol. The third-order valence-corrected chi connectivity index (χ3v) is 1.77. The fourth-order valence-electron chi connectivity index (χ4n) is 0.895. The summed E-state index contributed by atoms with van der Waals surface area (Å²) in [7, 11) is 0. The Hall–Kier alpha value is -1.09. The molecule has 0 aliphatic heterocycles. The van der Waals surface area contributed by atoms with Crippen LogP contribution in [0.3, 0.4) is 0 Å². The molecule has 0 aromatic carbocycles. The third kappa shape index (κ3) is 1.74. The maximum Gasteiger partial charge on any atom is 0.253 e. The van der Waals surface area contributed by atoms with Gasteiger partial charge in [0.25, 0.3) is 10.8 Å². The van der Waals surface area contributed by atoms with E-state index in [0.29, 0.717) is 12.1 Å². The number of aryl methyl sites for hydroxylation is 1. The number of nitrogens with zero attached hydrogens (tertiary/aromatic N) is 1. The second kappa shape index (κ2) is 3.54. The van der Waals surface area contributed by atoms with Crippen molar-refractivity contribution in [3.05, 3.63) is 34.2 Å². The number of halogens is 1. The Morgan fingerprint density at radius 1 is 1.58 bits per heavy atom. The Morgan fingerprint density at radius 2 is 2.25 bits per heavy atom. The van der Waals surface area contributed by atoms with Gasteiger partial charge in [-0.3, -0.25) is 9.59 Å². The lowest BCUT2D eigenvalue weighted by Crippen LogP contribution is -2.18. The standard InChI is InChI=1S/C8H8ClNO2/c1-2-10-5-6(8(9)12)3-4-7(10)11/h3-5H,2H2,1H3. The topological polar surface area (TPSA) is 39.1 Å². The van der Waals surface area contributed by atoms with Gasteiger partial charge in [-0.25, -0.2) is 0 Å². The van der Waals surface area contributed by atoms with Gasteiger partial charge in [-0.05, 0) is 24.6 Å². The van der Waals surface area contributed by atoms with Crippen LogP contribution in [0.5, 0.6) is 0 Å². The fraction of sp³-hybridized carbons (Fsp3) is 0.250.